The second kappa shape index (κ2) is 4.42. The standard InChI is InChI=1S/C15H14N2S/c1-10-7-8-13-12(9-10)14(17-15(18)16-13)11-5-3-2-4-6-11/h2-9,14H,1H3,(H2,16,17,18). The van der Waals surface area contributed by atoms with Gasteiger partial charge in [-0.25, -0.2) is 0 Å². The molecule has 2 aromatic rings. The van der Waals surface area contributed by atoms with Crippen molar-refractivity contribution in [1.82, 2.24) is 5.32 Å². The molecule has 3 rings (SSSR count). The van der Waals surface area contributed by atoms with Crippen LogP contribution in [0.1, 0.15) is 22.7 Å². The maximum Gasteiger partial charge on any atom is 0.171 e. The second-order valence-electron chi connectivity index (χ2n) is 4.53. The topological polar surface area (TPSA) is 24.1 Å². The first kappa shape index (κ1) is 11.2. The van der Waals surface area contributed by atoms with Crippen LogP contribution in [0.5, 0.6) is 0 Å². The monoisotopic (exact) mass is 254 g/mol. The first-order valence-corrected chi connectivity index (χ1v) is 6.38. The molecule has 0 aromatic heterocycles. The summed E-state index contributed by atoms with van der Waals surface area (Å²) in [7, 11) is 0. The molecule has 1 heterocycles. The highest BCUT2D eigenvalue weighted by Gasteiger charge is 2.23. The van der Waals surface area contributed by atoms with E-state index >= 15 is 0 Å². The van der Waals surface area contributed by atoms with Crippen molar-refractivity contribution in [3.8, 4) is 0 Å². The minimum absolute atomic E-state index is 0.134. The van der Waals surface area contributed by atoms with Crippen molar-refractivity contribution >= 4 is 23.0 Å². The van der Waals surface area contributed by atoms with Gasteiger partial charge < -0.3 is 10.6 Å². The fourth-order valence-electron chi connectivity index (χ4n) is 2.31. The average Bonchev–Trinajstić information content (AvgIpc) is 2.39. The van der Waals surface area contributed by atoms with Crippen molar-refractivity contribution < 1.29 is 0 Å². The Morgan fingerprint density at radius 1 is 1.06 bits per heavy atom. The maximum absolute atomic E-state index is 5.27. The van der Waals surface area contributed by atoms with Gasteiger partial charge in [0.2, 0.25) is 0 Å². The Bertz CT molecular complexity index is 593. The predicted molar refractivity (Wildman–Crippen MR) is 78.8 cm³/mol. The zero-order valence-corrected chi connectivity index (χ0v) is 10.9. The van der Waals surface area contributed by atoms with E-state index in [2.05, 4.69) is 60.0 Å². The molecule has 2 aromatic carbocycles. The summed E-state index contributed by atoms with van der Waals surface area (Å²) < 4.78 is 0. The van der Waals surface area contributed by atoms with Crippen molar-refractivity contribution in [2.75, 3.05) is 5.32 Å². The normalized spacial score (nSPS) is 17.6. The predicted octanol–water partition coefficient (Wildman–Crippen LogP) is 3.38. The van der Waals surface area contributed by atoms with Crippen molar-refractivity contribution in [3.05, 3.63) is 65.2 Å². The number of nitrogens with one attached hydrogen (secondary N) is 2. The van der Waals surface area contributed by atoms with Gasteiger partial charge in [-0.3, -0.25) is 0 Å². The summed E-state index contributed by atoms with van der Waals surface area (Å²) in [4.78, 5) is 0. The van der Waals surface area contributed by atoms with Gasteiger partial charge in [0.25, 0.3) is 0 Å². The molecule has 0 radical (unpaired) electrons. The van der Waals surface area contributed by atoms with Crippen molar-refractivity contribution in [2.24, 2.45) is 0 Å². The van der Waals surface area contributed by atoms with Crippen LogP contribution in [-0.2, 0) is 0 Å². The first-order chi connectivity index (χ1) is 8.74. The smallest absolute Gasteiger partial charge is 0.171 e. The minimum atomic E-state index is 0.134. The van der Waals surface area contributed by atoms with E-state index in [1.807, 2.05) is 6.07 Å². The van der Waals surface area contributed by atoms with Crippen LogP contribution in [-0.4, -0.2) is 5.11 Å². The second-order valence-corrected chi connectivity index (χ2v) is 4.94. The van der Waals surface area contributed by atoms with Gasteiger partial charge in [-0.15, -0.1) is 0 Å². The fraction of sp³-hybridized carbons (Fsp3) is 0.133. The highest BCUT2D eigenvalue weighted by molar-refractivity contribution is 7.80. The SMILES string of the molecule is Cc1ccc2c(c1)C(c1ccccc1)NC(=S)N2. The third kappa shape index (κ3) is 1.97. The maximum atomic E-state index is 5.27. The molecule has 1 aliphatic heterocycles. The summed E-state index contributed by atoms with van der Waals surface area (Å²) >= 11 is 5.27. The van der Waals surface area contributed by atoms with E-state index < -0.39 is 0 Å². The third-order valence-electron chi connectivity index (χ3n) is 3.17. The molecule has 0 bridgehead atoms. The molecule has 1 unspecified atom stereocenters. The van der Waals surface area contributed by atoms with Gasteiger partial charge in [-0.1, -0.05) is 48.0 Å². The molecule has 0 spiro atoms. The molecule has 2 N–H and O–H groups in total. The van der Waals surface area contributed by atoms with E-state index in [1.54, 1.807) is 0 Å². The highest BCUT2D eigenvalue weighted by atomic mass is 32.1. The Kier molecular flexibility index (Phi) is 2.76. The third-order valence-corrected chi connectivity index (χ3v) is 3.39. The van der Waals surface area contributed by atoms with Gasteiger partial charge >= 0.3 is 0 Å². The molecule has 0 saturated carbocycles. The van der Waals surface area contributed by atoms with E-state index in [0.717, 1.165) is 5.69 Å². The van der Waals surface area contributed by atoms with Gasteiger partial charge in [0.05, 0.1) is 6.04 Å². The first-order valence-electron chi connectivity index (χ1n) is 5.97. The van der Waals surface area contributed by atoms with Gasteiger partial charge in [0.15, 0.2) is 5.11 Å². The van der Waals surface area contributed by atoms with Crippen LogP contribution in [0.4, 0.5) is 5.69 Å². The van der Waals surface area contributed by atoms with E-state index in [0.29, 0.717) is 5.11 Å². The van der Waals surface area contributed by atoms with Crippen molar-refractivity contribution in [1.29, 1.82) is 0 Å². The molecule has 90 valence electrons. The van der Waals surface area contributed by atoms with Gasteiger partial charge in [-0.2, -0.15) is 0 Å². The molecule has 2 nitrogen and oxygen atoms in total. The molecular formula is C15H14N2S. The van der Waals surface area contributed by atoms with Gasteiger partial charge in [0, 0.05) is 11.3 Å². The Morgan fingerprint density at radius 3 is 2.61 bits per heavy atom. The molecule has 3 heteroatoms. The number of anilines is 1. The lowest BCUT2D eigenvalue weighted by Crippen LogP contribution is -2.38. The van der Waals surface area contributed by atoms with Crippen molar-refractivity contribution in [3.63, 3.8) is 0 Å². The highest BCUT2D eigenvalue weighted by Crippen LogP contribution is 2.32. The largest absolute Gasteiger partial charge is 0.351 e. The molecular weight excluding hydrogens is 240 g/mol. The van der Waals surface area contributed by atoms with E-state index in [4.69, 9.17) is 12.2 Å². The van der Waals surface area contributed by atoms with Crippen LogP contribution in [0.15, 0.2) is 48.5 Å². The molecule has 1 aliphatic rings. The summed E-state index contributed by atoms with van der Waals surface area (Å²) in [6, 6.07) is 16.9. The number of thiocarbonyl (C=S) groups is 1. The molecule has 0 amide bonds. The molecule has 0 saturated heterocycles. The Morgan fingerprint density at radius 2 is 1.83 bits per heavy atom. The number of aryl methyl sites for hydroxylation is 1. The zero-order chi connectivity index (χ0) is 12.5. The van der Waals surface area contributed by atoms with Gasteiger partial charge in [0.1, 0.15) is 0 Å². The number of benzene rings is 2. The molecule has 0 fully saturated rings. The lowest BCUT2D eigenvalue weighted by Gasteiger charge is -2.29. The van der Waals surface area contributed by atoms with E-state index in [-0.39, 0.29) is 6.04 Å². The lowest BCUT2D eigenvalue weighted by atomic mass is 9.94. The Balaban J connectivity index is 2.12. The van der Waals surface area contributed by atoms with Gasteiger partial charge in [-0.05, 0) is 30.8 Å². The summed E-state index contributed by atoms with van der Waals surface area (Å²) in [6.07, 6.45) is 0. The van der Waals surface area contributed by atoms with Crippen LogP contribution in [0.2, 0.25) is 0 Å². The lowest BCUT2D eigenvalue weighted by molar-refractivity contribution is 0.757. The summed E-state index contributed by atoms with van der Waals surface area (Å²) in [5, 5.41) is 7.22. The summed E-state index contributed by atoms with van der Waals surface area (Å²) in [5.74, 6) is 0. The van der Waals surface area contributed by atoms with E-state index in [9.17, 15) is 0 Å². The van der Waals surface area contributed by atoms with Crippen molar-refractivity contribution in [2.45, 2.75) is 13.0 Å². The summed E-state index contributed by atoms with van der Waals surface area (Å²) in [6.45, 7) is 2.11. The van der Waals surface area contributed by atoms with Crippen LogP contribution in [0.25, 0.3) is 0 Å². The number of hydrogen-bond acceptors (Lipinski definition) is 1. The van der Waals surface area contributed by atoms with Crippen LogP contribution in [0, 0.1) is 6.92 Å². The Hall–Kier alpha value is -1.87. The van der Waals surface area contributed by atoms with Crippen LogP contribution in [0.3, 0.4) is 0 Å². The number of hydrogen-bond donors (Lipinski definition) is 2. The van der Waals surface area contributed by atoms with E-state index in [1.165, 1.54) is 16.7 Å². The van der Waals surface area contributed by atoms with Crippen LogP contribution >= 0.6 is 12.2 Å². The van der Waals surface area contributed by atoms with Crippen LogP contribution < -0.4 is 10.6 Å². The Labute approximate surface area is 112 Å². The molecule has 1 atom stereocenters. The fourth-order valence-corrected chi connectivity index (χ4v) is 2.54. The molecule has 0 aliphatic carbocycles. The quantitative estimate of drug-likeness (QED) is 0.763. The zero-order valence-electron chi connectivity index (χ0n) is 10.1. The number of fused-ring (bicyclic) bond motifs is 1. The minimum Gasteiger partial charge on any atom is -0.351 e. The number of rotatable bonds is 1. The summed E-state index contributed by atoms with van der Waals surface area (Å²) in [5.41, 5.74) is 4.83. The molecule has 18 heavy (non-hydrogen) atoms. The average molecular weight is 254 g/mol.